The molecule has 1 saturated heterocycles. The Bertz CT molecular complexity index is 363. The molecule has 1 aromatic heterocycles. The monoisotopic (exact) mass is 326 g/mol. The van der Waals surface area contributed by atoms with Crippen LogP contribution in [0.3, 0.4) is 0 Å². The van der Waals surface area contributed by atoms with Crippen LogP contribution in [0.25, 0.3) is 0 Å². The highest BCUT2D eigenvalue weighted by Crippen LogP contribution is 2.21. The van der Waals surface area contributed by atoms with E-state index in [1.807, 2.05) is 6.20 Å². The molecule has 0 radical (unpaired) electrons. The summed E-state index contributed by atoms with van der Waals surface area (Å²) in [4.78, 5) is 4.50. The number of nitrogens with zero attached hydrogens (tertiary/aromatic N) is 1. The number of ether oxygens (including phenoxy) is 1. The smallest absolute Gasteiger partial charge is 0.0469 e. The van der Waals surface area contributed by atoms with E-state index in [-0.39, 0.29) is 0 Å². The third kappa shape index (κ3) is 4.86. The van der Waals surface area contributed by atoms with Gasteiger partial charge in [-0.25, -0.2) is 0 Å². The van der Waals surface area contributed by atoms with Crippen molar-refractivity contribution in [3.8, 4) is 0 Å². The number of hydrogen-bond donors (Lipinski definition) is 1. The van der Waals surface area contributed by atoms with Gasteiger partial charge in [0.1, 0.15) is 0 Å². The maximum atomic E-state index is 5.47. The molecule has 1 unspecified atom stereocenters. The molecule has 1 atom stereocenters. The maximum Gasteiger partial charge on any atom is 0.0469 e. The molecule has 2 rings (SSSR count). The van der Waals surface area contributed by atoms with E-state index in [9.17, 15) is 0 Å². The van der Waals surface area contributed by atoms with Gasteiger partial charge in [0.25, 0.3) is 0 Å². The van der Waals surface area contributed by atoms with Crippen molar-refractivity contribution in [3.63, 3.8) is 0 Å². The van der Waals surface area contributed by atoms with Gasteiger partial charge in [0.05, 0.1) is 0 Å². The average molecular weight is 327 g/mol. The standard InChI is InChI=1S/C15H23BrN2O/c1-2-7-17-15(12-5-8-19-9-6-12)10-14-4-3-13(16)11-18-14/h3-4,11-12,15,17H,2,5-10H2,1H3. The van der Waals surface area contributed by atoms with Gasteiger partial charge in [0.2, 0.25) is 0 Å². The zero-order valence-electron chi connectivity index (χ0n) is 11.6. The molecule has 4 heteroatoms. The Morgan fingerprint density at radius 1 is 1.42 bits per heavy atom. The van der Waals surface area contributed by atoms with E-state index in [4.69, 9.17) is 4.74 Å². The molecule has 106 valence electrons. The lowest BCUT2D eigenvalue weighted by Crippen LogP contribution is -2.41. The van der Waals surface area contributed by atoms with E-state index in [1.165, 1.54) is 12.1 Å². The molecule has 1 aliphatic heterocycles. The van der Waals surface area contributed by atoms with Crippen molar-refractivity contribution in [2.45, 2.75) is 38.6 Å². The van der Waals surface area contributed by atoms with E-state index in [0.717, 1.165) is 43.5 Å². The number of halogens is 1. The van der Waals surface area contributed by atoms with Crippen molar-refractivity contribution in [3.05, 3.63) is 28.5 Å². The first-order chi connectivity index (χ1) is 9.29. The summed E-state index contributed by atoms with van der Waals surface area (Å²) in [6.07, 6.45) is 6.40. The zero-order chi connectivity index (χ0) is 13.5. The fraction of sp³-hybridized carbons (Fsp3) is 0.667. The largest absolute Gasteiger partial charge is 0.381 e. The number of pyridine rings is 1. The maximum absolute atomic E-state index is 5.47. The van der Waals surface area contributed by atoms with E-state index in [2.05, 4.69) is 45.3 Å². The summed E-state index contributed by atoms with van der Waals surface area (Å²) in [5.41, 5.74) is 1.17. The first-order valence-electron chi connectivity index (χ1n) is 7.21. The molecule has 1 aliphatic rings. The van der Waals surface area contributed by atoms with Crippen molar-refractivity contribution in [1.29, 1.82) is 0 Å². The molecule has 0 saturated carbocycles. The lowest BCUT2D eigenvalue weighted by Gasteiger charge is -2.31. The highest BCUT2D eigenvalue weighted by Gasteiger charge is 2.24. The summed E-state index contributed by atoms with van der Waals surface area (Å²) in [5, 5.41) is 3.69. The summed E-state index contributed by atoms with van der Waals surface area (Å²) >= 11 is 3.44. The van der Waals surface area contributed by atoms with E-state index in [0.29, 0.717) is 12.0 Å². The first-order valence-corrected chi connectivity index (χ1v) is 8.00. The zero-order valence-corrected chi connectivity index (χ0v) is 13.2. The third-order valence-corrected chi connectivity index (χ3v) is 4.18. The van der Waals surface area contributed by atoms with Gasteiger partial charge in [-0.3, -0.25) is 4.98 Å². The predicted octanol–water partition coefficient (Wildman–Crippen LogP) is 3.18. The molecule has 0 aromatic carbocycles. The van der Waals surface area contributed by atoms with Gasteiger partial charge in [-0.05, 0) is 59.8 Å². The molecule has 0 bridgehead atoms. The van der Waals surface area contributed by atoms with Crippen molar-refractivity contribution < 1.29 is 4.74 Å². The first kappa shape index (κ1) is 14.9. The molecule has 0 aliphatic carbocycles. The van der Waals surface area contributed by atoms with Crippen LogP contribution in [0.1, 0.15) is 31.9 Å². The Kier molecular flexibility index (Phi) is 6.28. The van der Waals surface area contributed by atoms with Crippen molar-refractivity contribution in [1.82, 2.24) is 10.3 Å². The Morgan fingerprint density at radius 2 is 2.21 bits per heavy atom. The highest BCUT2D eigenvalue weighted by atomic mass is 79.9. The van der Waals surface area contributed by atoms with Crippen LogP contribution in [-0.4, -0.2) is 30.8 Å². The Balaban J connectivity index is 1.97. The molecule has 3 nitrogen and oxygen atoms in total. The minimum absolute atomic E-state index is 0.525. The summed E-state index contributed by atoms with van der Waals surface area (Å²) in [6.45, 7) is 5.11. The fourth-order valence-electron chi connectivity index (χ4n) is 2.61. The summed E-state index contributed by atoms with van der Waals surface area (Å²) in [6, 6.07) is 4.71. The molecule has 19 heavy (non-hydrogen) atoms. The lowest BCUT2D eigenvalue weighted by atomic mass is 9.88. The minimum Gasteiger partial charge on any atom is -0.381 e. The quantitative estimate of drug-likeness (QED) is 0.871. The highest BCUT2D eigenvalue weighted by molar-refractivity contribution is 9.10. The van der Waals surface area contributed by atoms with Crippen LogP contribution in [0.2, 0.25) is 0 Å². The normalized spacial score (nSPS) is 18.4. The summed E-state index contributed by atoms with van der Waals surface area (Å²) in [7, 11) is 0. The van der Waals surface area contributed by atoms with Crippen LogP contribution in [0.15, 0.2) is 22.8 Å². The van der Waals surface area contributed by atoms with Crippen molar-refractivity contribution in [2.24, 2.45) is 5.92 Å². The Hall–Kier alpha value is -0.450. The number of hydrogen-bond acceptors (Lipinski definition) is 3. The van der Waals surface area contributed by atoms with Crippen LogP contribution in [0, 0.1) is 5.92 Å². The Labute approximate surface area is 124 Å². The molecule has 1 aromatic rings. The second-order valence-corrected chi connectivity index (χ2v) is 6.10. The van der Waals surface area contributed by atoms with Crippen molar-refractivity contribution in [2.75, 3.05) is 19.8 Å². The summed E-state index contributed by atoms with van der Waals surface area (Å²) < 4.78 is 6.51. The molecular weight excluding hydrogens is 304 g/mol. The second-order valence-electron chi connectivity index (χ2n) is 5.18. The number of aromatic nitrogens is 1. The van der Waals surface area contributed by atoms with E-state index in [1.54, 1.807) is 0 Å². The van der Waals surface area contributed by atoms with Crippen LogP contribution >= 0.6 is 15.9 Å². The number of rotatable bonds is 6. The van der Waals surface area contributed by atoms with Gasteiger partial charge in [0, 0.05) is 42.0 Å². The van der Waals surface area contributed by atoms with E-state index >= 15 is 0 Å². The van der Waals surface area contributed by atoms with Gasteiger partial charge in [-0.2, -0.15) is 0 Å². The van der Waals surface area contributed by atoms with Gasteiger partial charge in [0.15, 0.2) is 0 Å². The lowest BCUT2D eigenvalue weighted by molar-refractivity contribution is 0.0536. The SMILES string of the molecule is CCCNC(Cc1ccc(Br)cn1)C1CCOCC1. The molecule has 0 amide bonds. The predicted molar refractivity (Wildman–Crippen MR) is 81.3 cm³/mol. The molecule has 1 fully saturated rings. The third-order valence-electron chi connectivity index (χ3n) is 3.71. The molecule has 2 heterocycles. The van der Waals surface area contributed by atoms with Gasteiger partial charge in [-0.1, -0.05) is 6.92 Å². The minimum atomic E-state index is 0.525. The Morgan fingerprint density at radius 3 is 2.84 bits per heavy atom. The van der Waals surface area contributed by atoms with Gasteiger partial charge in [-0.15, -0.1) is 0 Å². The van der Waals surface area contributed by atoms with Crippen LogP contribution in [0.5, 0.6) is 0 Å². The van der Waals surface area contributed by atoms with Crippen LogP contribution in [-0.2, 0) is 11.2 Å². The molecule has 0 spiro atoms. The average Bonchev–Trinajstić information content (AvgIpc) is 2.46. The van der Waals surface area contributed by atoms with Crippen LogP contribution < -0.4 is 5.32 Å². The van der Waals surface area contributed by atoms with Crippen LogP contribution in [0.4, 0.5) is 0 Å². The summed E-state index contributed by atoms with van der Waals surface area (Å²) in [5.74, 6) is 0.714. The van der Waals surface area contributed by atoms with Crippen molar-refractivity contribution >= 4 is 15.9 Å². The fourth-order valence-corrected chi connectivity index (χ4v) is 2.84. The molecular formula is C15H23BrN2O. The second kappa shape index (κ2) is 7.98. The van der Waals surface area contributed by atoms with Gasteiger partial charge >= 0.3 is 0 Å². The van der Waals surface area contributed by atoms with Gasteiger partial charge < -0.3 is 10.1 Å². The molecule has 1 N–H and O–H groups in total. The number of nitrogens with one attached hydrogen (secondary N) is 1. The van der Waals surface area contributed by atoms with E-state index < -0.39 is 0 Å². The topological polar surface area (TPSA) is 34.2 Å².